The summed E-state index contributed by atoms with van der Waals surface area (Å²) in [7, 11) is -3.30. The number of sulfone groups is 1. The van der Waals surface area contributed by atoms with Crippen molar-refractivity contribution in [1.82, 2.24) is 15.2 Å². The molecule has 2 heterocycles. The normalized spacial score (nSPS) is 14.3. The molecule has 2 aromatic carbocycles. The molecule has 0 unspecified atom stereocenters. The first kappa shape index (κ1) is 22.2. The van der Waals surface area contributed by atoms with Gasteiger partial charge in [-0.1, -0.05) is 29.5 Å². The van der Waals surface area contributed by atoms with Gasteiger partial charge in [0.1, 0.15) is 0 Å². The van der Waals surface area contributed by atoms with Crippen molar-refractivity contribution in [3.63, 3.8) is 0 Å². The highest BCUT2D eigenvalue weighted by atomic mass is 32.2. The lowest BCUT2D eigenvalue weighted by atomic mass is 10.1. The Labute approximate surface area is 189 Å². The number of ether oxygens (including phenoxy) is 1. The van der Waals surface area contributed by atoms with Gasteiger partial charge in [-0.2, -0.15) is 0 Å². The third-order valence-corrected chi connectivity index (χ3v) is 7.01. The number of thiazole rings is 1. The Balaban J connectivity index is 1.43. The van der Waals surface area contributed by atoms with Gasteiger partial charge >= 0.3 is 6.03 Å². The topological polar surface area (TPSA) is 118 Å². The molecule has 1 saturated heterocycles. The highest BCUT2D eigenvalue weighted by molar-refractivity contribution is 7.90. The molecule has 0 saturated carbocycles. The van der Waals surface area contributed by atoms with Gasteiger partial charge in [-0.3, -0.25) is 10.1 Å². The number of hydrogen-bond donors (Lipinski definition) is 2. The summed E-state index contributed by atoms with van der Waals surface area (Å²) >= 11 is 1.29. The maximum atomic E-state index is 12.2. The van der Waals surface area contributed by atoms with E-state index in [1.165, 1.54) is 17.6 Å². The van der Waals surface area contributed by atoms with Crippen LogP contribution in [0.1, 0.15) is 0 Å². The van der Waals surface area contributed by atoms with Crippen LogP contribution in [-0.4, -0.2) is 69.3 Å². The minimum absolute atomic E-state index is 0.0996. The Morgan fingerprint density at radius 3 is 2.62 bits per heavy atom. The van der Waals surface area contributed by atoms with Crippen LogP contribution in [0.25, 0.3) is 21.3 Å². The fourth-order valence-corrected chi connectivity index (χ4v) is 4.85. The van der Waals surface area contributed by atoms with E-state index >= 15 is 0 Å². The molecule has 3 amide bonds. The summed E-state index contributed by atoms with van der Waals surface area (Å²) in [4.78, 5) is 30.6. The van der Waals surface area contributed by atoms with Gasteiger partial charge in [0, 0.05) is 19.3 Å². The molecule has 1 fully saturated rings. The summed E-state index contributed by atoms with van der Waals surface area (Å²) < 4.78 is 29.7. The van der Waals surface area contributed by atoms with Crippen molar-refractivity contribution in [3.05, 3.63) is 42.5 Å². The molecule has 1 aliphatic heterocycles. The summed E-state index contributed by atoms with van der Waals surface area (Å²) in [6.45, 7) is 1.96. The first-order chi connectivity index (χ1) is 15.3. The highest BCUT2D eigenvalue weighted by Crippen LogP contribution is 2.31. The monoisotopic (exact) mass is 474 g/mol. The molecule has 0 bridgehead atoms. The van der Waals surface area contributed by atoms with Crippen LogP contribution in [0.2, 0.25) is 0 Å². The van der Waals surface area contributed by atoms with E-state index in [1.54, 1.807) is 23.1 Å². The molecular formula is C21H22N4O5S2. The fourth-order valence-electron chi connectivity index (χ4n) is 3.29. The predicted octanol–water partition coefficient (Wildman–Crippen LogP) is 2.35. The zero-order valence-corrected chi connectivity index (χ0v) is 19.0. The number of carbonyl (C=O) groups excluding carboxylic acids is 2. The summed E-state index contributed by atoms with van der Waals surface area (Å²) in [6, 6.07) is 11.8. The van der Waals surface area contributed by atoms with Crippen LogP contribution >= 0.6 is 11.3 Å². The number of anilines is 1. The Bertz CT molecular complexity index is 1270. The molecule has 32 heavy (non-hydrogen) atoms. The Kier molecular flexibility index (Phi) is 6.40. The summed E-state index contributed by atoms with van der Waals surface area (Å²) in [6.07, 6.45) is 1.18. The number of carbonyl (C=O) groups is 2. The minimum Gasteiger partial charge on any atom is -0.378 e. The third-order valence-electron chi connectivity index (χ3n) is 4.97. The molecule has 1 aliphatic rings. The average Bonchev–Trinajstić information content (AvgIpc) is 3.19. The number of rotatable bonds is 5. The smallest absolute Gasteiger partial charge is 0.321 e. The van der Waals surface area contributed by atoms with Gasteiger partial charge in [-0.15, -0.1) is 0 Å². The first-order valence-electron chi connectivity index (χ1n) is 9.91. The first-order valence-corrected chi connectivity index (χ1v) is 12.6. The number of benzene rings is 2. The molecular weight excluding hydrogens is 452 g/mol. The molecule has 168 valence electrons. The van der Waals surface area contributed by atoms with Crippen molar-refractivity contribution in [1.29, 1.82) is 0 Å². The van der Waals surface area contributed by atoms with E-state index in [0.717, 1.165) is 15.8 Å². The van der Waals surface area contributed by atoms with E-state index in [1.807, 2.05) is 24.3 Å². The van der Waals surface area contributed by atoms with E-state index in [9.17, 15) is 18.0 Å². The zero-order valence-electron chi connectivity index (χ0n) is 17.3. The molecule has 4 rings (SSSR count). The van der Waals surface area contributed by atoms with Gasteiger partial charge in [0.2, 0.25) is 5.91 Å². The molecule has 11 heteroatoms. The van der Waals surface area contributed by atoms with E-state index < -0.39 is 15.9 Å². The van der Waals surface area contributed by atoms with Gasteiger partial charge in [0.05, 0.1) is 34.9 Å². The number of amides is 3. The predicted molar refractivity (Wildman–Crippen MR) is 123 cm³/mol. The van der Waals surface area contributed by atoms with Gasteiger partial charge in [0.15, 0.2) is 15.0 Å². The minimum atomic E-state index is -3.30. The Morgan fingerprint density at radius 1 is 1.12 bits per heavy atom. The maximum absolute atomic E-state index is 12.2. The molecule has 3 aromatic rings. The van der Waals surface area contributed by atoms with Crippen molar-refractivity contribution in [2.24, 2.45) is 0 Å². The van der Waals surface area contributed by atoms with E-state index in [0.29, 0.717) is 37.0 Å². The summed E-state index contributed by atoms with van der Waals surface area (Å²) in [5.74, 6) is -0.159. The van der Waals surface area contributed by atoms with Crippen LogP contribution in [0.15, 0.2) is 47.4 Å². The lowest BCUT2D eigenvalue weighted by Gasteiger charge is -2.26. The molecule has 0 atom stereocenters. The van der Waals surface area contributed by atoms with Crippen LogP contribution in [0.5, 0.6) is 0 Å². The number of nitrogens with zero attached hydrogens (tertiary/aromatic N) is 2. The van der Waals surface area contributed by atoms with Crippen LogP contribution in [0, 0.1) is 0 Å². The van der Waals surface area contributed by atoms with Crippen molar-refractivity contribution in [2.75, 3.05) is 44.4 Å². The molecule has 9 nitrogen and oxygen atoms in total. The standard InChI is InChI=1S/C21H22N4O5S2/c1-32(28,29)16-4-2-3-14(11-16)15-5-6-17-18(12-15)31-21(23-17)24-20(27)22-13-19(26)25-7-9-30-10-8-25/h2-6,11-12H,7-10,13H2,1H3,(H2,22,23,24,27). The average molecular weight is 475 g/mol. The molecule has 2 N–H and O–H groups in total. The fraction of sp³-hybridized carbons (Fsp3) is 0.286. The summed E-state index contributed by atoms with van der Waals surface area (Å²) in [5, 5.41) is 5.62. The van der Waals surface area contributed by atoms with E-state index in [2.05, 4.69) is 15.6 Å². The number of urea groups is 1. The van der Waals surface area contributed by atoms with Crippen molar-refractivity contribution in [3.8, 4) is 11.1 Å². The number of hydrogen-bond acceptors (Lipinski definition) is 7. The maximum Gasteiger partial charge on any atom is 0.321 e. The molecule has 0 aliphatic carbocycles. The van der Waals surface area contributed by atoms with E-state index in [4.69, 9.17) is 4.74 Å². The zero-order chi connectivity index (χ0) is 22.7. The lowest BCUT2D eigenvalue weighted by molar-refractivity contribution is -0.134. The number of nitrogens with one attached hydrogen (secondary N) is 2. The molecule has 0 spiro atoms. The van der Waals surface area contributed by atoms with Crippen molar-refractivity contribution < 1.29 is 22.7 Å². The third kappa shape index (κ3) is 5.23. The van der Waals surface area contributed by atoms with Gasteiger partial charge in [-0.05, 0) is 35.4 Å². The Hall–Kier alpha value is -3.02. The second-order valence-electron chi connectivity index (χ2n) is 7.30. The van der Waals surface area contributed by atoms with Crippen molar-refractivity contribution >= 4 is 48.5 Å². The second-order valence-corrected chi connectivity index (χ2v) is 10.3. The summed E-state index contributed by atoms with van der Waals surface area (Å²) in [5.41, 5.74) is 2.33. The van der Waals surface area contributed by atoms with Crippen LogP contribution in [-0.2, 0) is 19.4 Å². The van der Waals surface area contributed by atoms with Gasteiger partial charge < -0.3 is 15.0 Å². The highest BCUT2D eigenvalue weighted by Gasteiger charge is 2.17. The van der Waals surface area contributed by atoms with Crippen LogP contribution in [0.3, 0.4) is 0 Å². The quantitative estimate of drug-likeness (QED) is 0.586. The Morgan fingerprint density at radius 2 is 1.88 bits per heavy atom. The van der Waals surface area contributed by atoms with Crippen molar-refractivity contribution in [2.45, 2.75) is 4.90 Å². The molecule has 0 radical (unpaired) electrons. The SMILES string of the molecule is CS(=O)(=O)c1cccc(-c2ccc3nc(NC(=O)NCC(=O)N4CCOCC4)sc3c2)c1. The van der Waals surface area contributed by atoms with E-state index in [-0.39, 0.29) is 17.3 Å². The lowest BCUT2D eigenvalue weighted by Crippen LogP contribution is -2.46. The second kappa shape index (κ2) is 9.23. The number of fused-ring (bicyclic) bond motifs is 1. The number of aromatic nitrogens is 1. The largest absolute Gasteiger partial charge is 0.378 e. The van der Waals surface area contributed by atoms with Gasteiger partial charge in [-0.25, -0.2) is 18.2 Å². The van der Waals surface area contributed by atoms with Gasteiger partial charge in [0.25, 0.3) is 0 Å². The van der Waals surface area contributed by atoms with Crippen LogP contribution < -0.4 is 10.6 Å². The number of morpholine rings is 1. The van der Waals surface area contributed by atoms with Crippen LogP contribution in [0.4, 0.5) is 9.93 Å². The molecule has 1 aromatic heterocycles.